The van der Waals surface area contributed by atoms with Gasteiger partial charge in [0.1, 0.15) is 6.04 Å². The van der Waals surface area contributed by atoms with Crippen molar-refractivity contribution >= 4 is 5.91 Å². The highest BCUT2D eigenvalue weighted by Gasteiger charge is 2.38. The Hall–Kier alpha value is -1.43. The van der Waals surface area contributed by atoms with Crippen LogP contribution in [0.15, 0.2) is 4.52 Å². The number of nitrogens with zero attached hydrogens (tertiary/aromatic N) is 2. The number of amides is 1. The van der Waals surface area contributed by atoms with E-state index in [2.05, 4.69) is 15.5 Å². The van der Waals surface area contributed by atoms with Crippen molar-refractivity contribution in [3.63, 3.8) is 0 Å². The zero-order valence-electron chi connectivity index (χ0n) is 14.9. The highest BCUT2D eigenvalue weighted by atomic mass is 16.5. The van der Waals surface area contributed by atoms with Gasteiger partial charge in [-0.25, -0.2) is 0 Å². The maximum atomic E-state index is 12.6. The third-order valence-corrected chi connectivity index (χ3v) is 5.73. The summed E-state index contributed by atoms with van der Waals surface area (Å²) in [6.45, 7) is 3.88. The van der Waals surface area contributed by atoms with Crippen LogP contribution in [0.2, 0.25) is 0 Å². The predicted octanol–water partition coefficient (Wildman–Crippen LogP) is 3.20. The molecule has 6 nitrogen and oxygen atoms in total. The summed E-state index contributed by atoms with van der Waals surface area (Å²) in [4.78, 5) is 17.2. The molecule has 0 saturated heterocycles. The largest absolute Gasteiger partial charge is 0.344 e. The Morgan fingerprint density at radius 2 is 1.96 bits per heavy atom. The van der Waals surface area contributed by atoms with Crippen molar-refractivity contribution in [1.82, 2.24) is 15.5 Å². The molecule has 0 radical (unpaired) electrons. The molecule has 1 aromatic heterocycles. The summed E-state index contributed by atoms with van der Waals surface area (Å²) in [6.07, 6.45) is 9.93. The molecule has 134 valence electrons. The lowest BCUT2D eigenvalue weighted by Crippen LogP contribution is -2.53. The number of carbonyl (C=O) groups excluding carboxylic acids is 1. The Morgan fingerprint density at radius 1 is 1.25 bits per heavy atom. The summed E-state index contributed by atoms with van der Waals surface area (Å²) in [5.41, 5.74) is 5.90. The van der Waals surface area contributed by atoms with E-state index in [1.807, 2.05) is 13.8 Å². The number of hydrogen-bond acceptors (Lipinski definition) is 5. The van der Waals surface area contributed by atoms with Crippen LogP contribution in [0.4, 0.5) is 0 Å². The Kier molecular flexibility index (Phi) is 5.23. The maximum absolute atomic E-state index is 12.6. The molecular weight excluding hydrogens is 304 g/mol. The number of carbonyl (C=O) groups is 1. The first-order chi connectivity index (χ1) is 11.5. The van der Waals surface area contributed by atoms with Crippen molar-refractivity contribution in [2.45, 2.75) is 89.1 Å². The molecule has 1 amide bonds. The van der Waals surface area contributed by atoms with Crippen LogP contribution in [0.1, 0.15) is 95.3 Å². The van der Waals surface area contributed by atoms with Gasteiger partial charge in [0.05, 0.1) is 5.92 Å². The highest BCUT2D eigenvalue weighted by molar-refractivity contribution is 5.80. The molecule has 2 fully saturated rings. The Bertz CT molecular complexity index is 563. The molecule has 2 aliphatic carbocycles. The summed E-state index contributed by atoms with van der Waals surface area (Å²) in [6, 6.07) is -0.278. The topological polar surface area (TPSA) is 94.0 Å². The molecule has 1 aromatic rings. The fraction of sp³-hybridized carbons (Fsp3) is 0.833. The van der Waals surface area contributed by atoms with Gasteiger partial charge >= 0.3 is 0 Å². The lowest BCUT2D eigenvalue weighted by Gasteiger charge is -2.37. The van der Waals surface area contributed by atoms with Crippen LogP contribution in [0.25, 0.3) is 0 Å². The molecule has 3 atom stereocenters. The molecular formula is C18H30N4O2. The Balaban J connectivity index is 1.61. The smallest absolute Gasteiger partial charge is 0.248 e. The van der Waals surface area contributed by atoms with Crippen LogP contribution in [0.5, 0.6) is 0 Å². The Labute approximate surface area is 143 Å². The zero-order valence-corrected chi connectivity index (χ0v) is 14.9. The van der Waals surface area contributed by atoms with Crippen molar-refractivity contribution < 1.29 is 9.32 Å². The summed E-state index contributed by atoms with van der Waals surface area (Å²) < 4.78 is 5.41. The second kappa shape index (κ2) is 7.21. The minimum atomic E-state index is -0.426. The van der Waals surface area contributed by atoms with E-state index in [1.54, 1.807) is 0 Å². The first-order valence-corrected chi connectivity index (χ1v) is 9.40. The van der Waals surface area contributed by atoms with Crippen molar-refractivity contribution in [2.75, 3.05) is 0 Å². The average Bonchev–Trinajstić information content (AvgIpc) is 3.05. The van der Waals surface area contributed by atoms with Gasteiger partial charge in [-0.15, -0.1) is 0 Å². The number of aromatic nitrogens is 2. The fourth-order valence-electron chi connectivity index (χ4n) is 4.11. The molecule has 2 saturated carbocycles. The van der Waals surface area contributed by atoms with Gasteiger partial charge in [0, 0.05) is 11.5 Å². The van der Waals surface area contributed by atoms with Crippen LogP contribution in [0, 0.1) is 5.92 Å². The van der Waals surface area contributed by atoms with Crippen LogP contribution in [-0.4, -0.2) is 21.6 Å². The second-order valence-corrected chi connectivity index (χ2v) is 7.86. The Morgan fingerprint density at radius 3 is 2.67 bits per heavy atom. The van der Waals surface area contributed by atoms with E-state index in [9.17, 15) is 4.79 Å². The number of nitrogens with one attached hydrogen (secondary N) is 1. The number of rotatable bonds is 4. The second-order valence-electron chi connectivity index (χ2n) is 7.86. The van der Waals surface area contributed by atoms with Crippen molar-refractivity contribution in [2.24, 2.45) is 11.7 Å². The van der Waals surface area contributed by atoms with Gasteiger partial charge in [-0.3, -0.25) is 4.79 Å². The lowest BCUT2D eigenvalue weighted by molar-refractivity contribution is -0.129. The monoisotopic (exact) mass is 334 g/mol. The molecule has 3 rings (SSSR count). The van der Waals surface area contributed by atoms with E-state index in [0.717, 1.165) is 44.3 Å². The van der Waals surface area contributed by atoms with Crippen molar-refractivity contribution in [3.8, 4) is 0 Å². The summed E-state index contributed by atoms with van der Waals surface area (Å²) >= 11 is 0. The summed E-state index contributed by atoms with van der Waals surface area (Å²) in [5.74, 6) is 1.56. The maximum Gasteiger partial charge on any atom is 0.248 e. The van der Waals surface area contributed by atoms with Crippen LogP contribution < -0.4 is 11.1 Å². The van der Waals surface area contributed by atoms with Gasteiger partial charge < -0.3 is 15.6 Å². The number of nitrogens with two attached hydrogens (primary N) is 1. The molecule has 3 N–H and O–H groups in total. The minimum Gasteiger partial charge on any atom is -0.344 e. The molecule has 0 aliphatic heterocycles. The normalized spacial score (nSPS) is 30.0. The van der Waals surface area contributed by atoms with Crippen LogP contribution in [-0.2, 0) is 4.79 Å². The summed E-state index contributed by atoms with van der Waals surface area (Å²) in [7, 11) is 0. The SMILES string of the molecule is CC(NC(=O)C1CCCCC1(C)N)c1nc(C2CCCCC2)no1. The zero-order chi connectivity index (χ0) is 17.2. The van der Waals surface area contributed by atoms with E-state index in [-0.39, 0.29) is 17.9 Å². The van der Waals surface area contributed by atoms with Gasteiger partial charge in [0.25, 0.3) is 0 Å². The highest BCUT2D eigenvalue weighted by Crippen LogP contribution is 2.33. The minimum absolute atomic E-state index is 0.00427. The fourth-order valence-corrected chi connectivity index (χ4v) is 4.11. The van der Waals surface area contributed by atoms with E-state index in [4.69, 9.17) is 10.3 Å². The molecule has 1 heterocycles. The first-order valence-electron chi connectivity index (χ1n) is 9.40. The molecule has 2 aliphatic rings. The average molecular weight is 334 g/mol. The molecule has 6 heteroatoms. The quantitative estimate of drug-likeness (QED) is 0.882. The van der Waals surface area contributed by atoms with Crippen molar-refractivity contribution in [3.05, 3.63) is 11.7 Å². The first kappa shape index (κ1) is 17.4. The van der Waals surface area contributed by atoms with E-state index >= 15 is 0 Å². The summed E-state index contributed by atoms with van der Waals surface area (Å²) in [5, 5.41) is 7.17. The van der Waals surface area contributed by atoms with Crippen LogP contribution in [0.3, 0.4) is 0 Å². The van der Waals surface area contributed by atoms with Gasteiger partial charge in [0.2, 0.25) is 11.8 Å². The molecule has 24 heavy (non-hydrogen) atoms. The predicted molar refractivity (Wildman–Crippen MR) is 91.2 cm³/mol. The van der Waals surface area contributed by atoms with Crippen LogP contribution >= 0.6 is 0 Å². The number of hydrogen-bond donors (Lipinski definition) is 2. The third-order valence-electron chi connectivity index (χ3n) is 5.73. The standard InChI is InChI=1S/C18H30N4O2/c1-12(20-16(23)14-10-6-7-11-18(14,2)19)17-21-15(22-24-17)13-8-4-3-5-9-13/h12-14H,3-11,19H2,1-2H3,(H,20,23). The van der Waals surface area contributed by atoms with Gasteiger partial charge in [-0.05, 0) is 39.5 Å². The lowest BCUT2D eigenvalue weighted by atomic mass is 9.74. The molecule has 0 aromatic carbocycles. The van der Waals surface area contributed by atoms with Gasteiger partial charge in [-0.1, -0.05) is 37.3 Å². The van der Waals surface area contributed by atoms with E-state index < -0.39 is 5.54 Å². The third kappa shape index (κ3) is 3.79. The van der Waals surface area contributed by atoms with Gasteiger partial charge in [-0.2, -0.15) is 4.98 Å². The van der Waals surface area contributed by atoms with Crippen molar-refractivity contribution in [1.29, 1.82) is 0 Å². The van der Waals surface area contributed by atoms with E-state index in [0.29, 0.717) is 11.8 Å². The molecule has 0 spiro atoms. The molecule has 3 unspecified atom stereocenters. The van der Waals surface area contributed by atoms with E-state index in [1.165, 1.54) is 19.3 Å². The van der Waals surface area contributed by atoms with Gasteiger partial charge in [0.15, 0.2) is 5.82 Å². The molecule has 0 bridgehead atoms.